The molecule has 18 heavy (non-hydrogen) atoms. The molecule has 2 aromatic rings. The molecule has 0 aliphatic rings. The van der Waals surface area contributed by atoms with E-state index in [0.29, 0.717) is 5.89 Å². The largest absolute Gasteiger partial charge is 0.496 e. The topological polar surface area (TPSA) is 38.5 Å². The molecule has 0 radical (unpaired) electrons. The summed E-state index contributed by atoms with van der Waals surface area (Å²) in [6.07, 6.45) is 1.70. The maximum atomic E-state index is 5.34. The number of aryl methyl sites for hydroxylation is 1. The van der Waals surface area contributed by atoms with Crippen molar-refractivity contribution in [1.29, 1.82) is 0 Å². The standard InChI is InChI=1S/C14H18N2O2/c1-11-15-13(10-18-11)9-16(2)8-12-6-4-5-7-14(12)17-3/h4-7,10H,8-9H2,1-3H3. The van der Waals surface area contributed by atoms with Gasteiger partial charge in [-0.3, -0.25) is 4.90 Å². The van der Waals surface area contributed by atoms with Gasteiger partial charge in [0.25, 0.3) is 0 Å². The molecule has 0 bridgehead atoms. The molecule has 0 saturated carbocycles. The van der Waals surface area contributed by atoms with Crippen LogP contribution in [0, 0.1) is 6.92 Å². The number of aromatic nitrogens is 1. The average molecular weight is 246 g/mol. The van der Waals surface area contributed by atoms with Gasteiger partial charge in [-0.05, 0) is 13.1 Å². The highest BCUT2D eigenvalue weighted by Gasteiger charge is 2.08. The molecular weight excluding hydrogens is 228 g/mol. The summed E-state index contributed by atoms with van der Waals surface area (Å²) in [5.41, 5.74) is 2.12. The van der Waals surface area contributed by atoms with E-state index in [1.165, 1.54) is 5.56 Å². The van der Waals surface area contributed by atoms with Crippen LogP contribution in [0.25, 0.3) is 0 Å². The van der Waals surface area contributed by atoms with Crippen LogP contribution in [-0.4, -0.2) is 24.0 Å². The average Bonchev–Trinajstić information content (AvgIpc) is 2.75. The van der Waals surface area contributed by atoms with Crippen molar-refractivity contribution in [2.75, 3.05) is 14.2 Å². The van der Waals surface area contributed by atoms with Gasteiger partial charge in [-0.15, -0.1) is 0 Å². The zero-order valence-electron chi connectivity index (χ0n) is 11.0. The van der Waals surface area contributed by atoms with Crippen molar-refractivity contribution in [3.8, 4) is 5.75 Å². The minimum atomic E-state index is 0.704. The minimum absolute atomic E-state index is 0.704. The quantitative estimate of drug-likeness (QED) is 0.813. The Morgan fingerprint density at radius 2 is 2.06 bits per heavy atom. The van der Waals surface area contributed by atoms with E-state index >= 15 is 0 Å². The number of hydrogen-bond donors (Lipinski definition) is 0. The van der Waals surface area contributed by atoms with E-state index in [1.807, 2.05) is 25.1 Å². The van der Waals surface area contributed by atoms with Crippen molar-refractivity contribution in [2.45, 2.75) is 20.0 Å². The first-order chi connectivity index (χ1) is 8.69. The Hall–Kier alpha value is -1.81. The molecule has 1 heterocycles. The monoisotopic (exact) mass is 246 g/mol. The molecular formula is C14H18N2O2. The van der Waals surface area contributed by atoms with Gasteiger partial charge < -0.3 is 9.15 Å². The summed E-state index contributed by atoms with van der Waals surface area (Å²) in [6.45, 7) is 3.43. The second-order valence-electron chi connectivity index (χ2n) is 4.34. The fourth-order valence-electron chi connectivity index (χ4n) is 1.94. The number of rotatable bonds is 5. The molecule has 4 nitrogen and oxygen atoms in total. The number of para-hydroxylation sites is 1. The van der Waals surface area contributed by atoms with Crippen molar-refractivity contribution in [1.82, 2.24) is 9.88 Å². The van der Waals surface area contributed by atoms with Crippen molar-refractivity contribution >= 4 is 0 Å². The van der Waals surface area contributed by atoms with Crippen LogP contribution in [0.15, 0.2) is 34.9 Å². The van der Waals surface area contributed by atoms with E-state index in [1.54, 1.807) is 13.4 Å². The lowest BCUT2D eigenvalue weighted by Crippen LogP contribution is -2.17. The number of oxazole rings is 1. The third kappa shape index (κ3) is 3.11. The van der Waals surface area contributed by atoms with Crippen molar-refractivity contribution < 1.29 is 9.15 Å². The molecule has 1 aromatic carbocycles. The molecule has 0 spiro atoms. The van der Waals surface area contributed by atoms with Crippen LogP contribution in [0.3, 0.4) is 0 Å². The van der Waals surface area contributed by atoms with Crippen LogP contribution in [0.1, 0.15) is 17.1 Å². The van der Waals surface area contributed by atoms with Gasteiger partial charge in [-0.25, -0.2) is 4.98 Å². The van der Waals surface area contributed by atoms with Gasteiger partial charge in [0.05, 0.1) is 12.8 Å². The minimum Gasteiger partial charge on any atom is -0.496 e. The van der Waals surface area contributed by atoms with E-state index < -0.39 is 0 Å². The number of benzene rings is 1. The van der Waals surface area contributed by atoms with Crippen molar-refractivity contribution in [3.63, 3.8) is 0 Å². The summed E-state index contributed by atoms with van der Waals surface area (Å²) in [4.78, 5) is 6.47. The lowest BCUT2D eigenvalue weighted by Gasteiger charge is -2.16. The van der Waals surface area contributed by atoms with Gasteiger partial charge in [-0.2, -0.15) is 0 Å². The smallest absolute Gasteiger partial charge is 0.191 e. The normalized spacial score (nSPS) is 10.9. The van der Waals surface area contributed by atoms with Crippen molar-refractivity contribution in [3.05, 3.63) is 47.7 Å². The maximum absolute atomic E-state index is 5.34. The molecule has 2 rings (SSSR count). The lowest BCUT2D eigenvalue weighted by molar-refractivity contribution is 0.306. The molecule has 96 valence electrons. The molecule has 0 saturated heterocycles. The van der Waals surface area contributed by atoms with Gasteiger partial charge >= 0.3 is 0 Å². The third-order valence-electron chi connectivity index (χ3n) is 2.73. The number of hydrogen-bond acceptors (Lipinski definition) is 4. The Bertz CT molecular complexity index is 508. The Kier molecular flexibility index (Phi) is 3.99. The summed E-state index contributed by atoms with van der Waals surface area (Å²) in [7, 11) is 3.75. The van der Waals surface area contributed by atoms with E-state index in [0.717, 1.165) is 24.5 Å². The van der Waals surface area contributed by atoms with Gasteiger partial charge in [-0.1, -0.05) is 18.2 Å². The molecule has 0 amide bonds. The highest BCUT2D eigenvalue weighted by Crippen LogP contribution is 2.19. The fourth-order valence-corrected chi connectivity index (χ4v) is 1.94. The van der Waals surface area contributed by atoms with Gasteiger partial charge in [0.1, 0.15) is 12.0 Å². The molecule has 0 aliphatic carbocycles. The third-order valence-corrected chi connectivity index (χ3v) is 2.73. The number of nitrogens with zero attached hydrogens (tertiary/aromatic N) is 2. The number of ether oxygens (including phenoxy) is 1. The van der Waals surface area contributed by atoms with Crippen LogP contribution in [0.4, 0.5) is 0 Å². The maximum Gasteiger partial charge on any atom is 0.191 e. The summed E-state index contributed by atoms with van der Waals surface area (Å²) < 4.78 is 10.5. The second kappa shape index (κ2) is 5.69. The van der Waals surface area contributed by atoms with E-state index in [4.69, 9.17) is 9.15 Å². The van der Waals surface area contributed by atoms with Crippen LogP contribution in [-0.2, 0) is 13.1 Å². The first-order valence-corrected chi connectivity index (χ1v) is 5.90. The predicted octanol–water partition coefficient (Wildman–Crippen LogP) is 2.62. The summed E-state index contributed by atoms with van der Waals surface area (Å²) in [5, 5.41) is 0. The van der Waals surface area contributed by atoms with E-state index in [2.05, 4.69) is 23.0 Å². The summed E-state index contributed by atoms with van der Waals surface area (Å²) in [6, 6.07) is 8.04. The van der Waals surface area contributed by atoms with Crippen LogP contribution in [0.5, 0.6) is 5.75 Å². The zero-order chi connectivity index (χ0) is 13.0. The zero-order valence-corrected chi connectivity index (χ0v) is 11.0. The van der Waals surface area contributed by atoms with Crippen molar-refractivity contribution in [2.24, 2.45) is 0 Å². The molecule has 0 fully saturated rings. The first-order valence-electron chi connectivity index (χ1n) is 5.90. The highest BCUT2D eigenvalue weighted by molar-refractivity contribution is 5.33. The molecule has 0 atom stereocenters. The van der Waals surface area contributed by atoms with Gasteiger partial charge in [0.2, 0.25) is 0 Å². The van der Waals surface area contributed by atoms with E-state index in [9.17, 15) is 0 Å². The molecule has 4 heteroatoms. The van der Waals surface area contributed by atoms with Gasteiger partial charge in [0.15, 0.2) is 5.89 Å². The first kappa shape index (κ1) is 12.6. The highest BCUT2D eigenvalue weighted by atomic mass is 16.5. The lowest BCUT2D eigenvalue weighted by atomic mass is 10.2. The van der Waals surface area contributed by atoms with Gasteiger partial charge in [0, 0.05) is 25.6 Å². The van der Waals surface area contributed by atoms with Crippen LogP contribution >= 0.6 is 0 Å². The Labute approximate surface area is 107 Å². The fraction of sp³-hybridized carbons (Fsp3) is 0.357. The second-order valence-corrected chi connectivity index (χ2v) is 4.34. The summed E-state index contributed by atoms with van der Waals surface area (Å²) in [5.74, 6) is 1.62. The Morgan fingerprint density at radius 1 is 1.28 bits per heavy atom. The van der Waals surface area contributed by atoms with Crippen LogP contribution in [0.2, 0.25) is 0 Å². The van der Waals surface area contributed by atoms with E-state index in [-0.39, 0.29) is 0 Å². The molecule has 1 aromatic heterocycles. The Morgan fingerprint density at radius 3 is 2.72 bits per heavy atom. The SMILES string of the molecule is COc1ccccc1CN(C)Cc1coc(C)n1. The molecule has 0 unspecified atom stereocenters. The molecule has 0 aliphatic heterocycles. The number of methoxy groups -OCH3 is 1. The predicted molar refractivity (Wildman–Crippen MR) is 69.4 cm³/mol. The van der Waals surface area contributed by atoms with Crippen LogP contribution < -0.4 is 4.74 Å². The summed E-state index contributed by atoms with van der Waals surface area (Å²) >= 11 is 0. The molecule has 0 N–H and O–H groups in total. The Balaban J connectivity index is 2.00.